The van der Waals surface area contributed by atoms with E-state index in [1.807, 2.05) is 26.0 Å². The van der Waals surface area contributed by atoms with E-state index in [-0.39, 0.29) is 0 Å². The Balaban J connectivity index is 2.79. The van der Waals surface area contributed by atoms with Crippen molar-refractivity contribution >= 4 is 22.9 Å². The summed E-state index contributed by atoms with van der Waals surface area (Å²) in [6.07, 6.45) is 2.66. The number of rotatable bonds is 3. The zero-order valence-electron chi connectivity index (χ0n) is 11.1. The molecule has 0 amide bonds. The van der Waals surface area contributed by atoms with Crippen molar-refractivity contribution < 1.29 is 14.6 Å². The van der Waals surface area contributed by atoms with Crippen LogP contribution in [0.15, 0.2) is 24.3 Å². The van der Waals surface area contributed by atoms with E-state index in [1.54, 1.807) is 19.3 Å². The lowest BCUT2D eigenvalue weighted by molar-refractivity contribution is -0.131. The average Bonchev–Trinajstić information content (AvgIpc) is 2.35. The lowest BCUT2D eigenvalue weighted by Gasteiger charge is -2.11. The number of aryl methyl sites for hydroxylation is 2. The number of fused-ring (bicyclic) bond motifs is 1. The standard InChI is InChI=1S/C15H15NO3/c1-9-8-10(2)16-12-5-6-13(19-3)11(15(9)12)4-7-14(17)18/h4-8H,1-3H3,(H,17,18)/b7-4+. The van der Waals surface area contributed by atoms with Crippen LogP contribution in [0, 0.1) is 13.8 Å². The summed E-state index contributed by atoms with van der Waals surface area (Å²) in [5.41, 5.74) is 3.56. The number of carboxylic acid groups (broad SMARTS) is 1. The number of aromatic nitrogens is 1. The van der Waals surface area contributed by atoms with Gasteiger partial charge in [-0.1, -0.05) is 0 Å². The van der Waals surface area contributed by atoms with Gasteiger partial charge in [0.05, 0.1) is 12.6 Å². The molecule has 1 aromatic heterocycles. The second kappa shape index (κ2) is 5.10. The predicted octanol–water partition coefficient (Wildman–Crippen LogP) is 2.96. The van der Waals surface area contributed by atoms with E-state index in [4.69, 9.17) is 9.84 Å². The van der Waals surface area contributed by atoms with Crippen molar-refractivity contribution in [2.75, 3.05) is 7.11 Å². The lowest BCUT2D eigenvalue weighted by Crippen LogP contribution is -1.95. The Morgan fingerprint density at radius 3 is 2.74 bits per heavy atom. The SMILES string of the molecule is COc1ccc2nc(C)cc(C)c2c1/C=C/C(=O)O. The molecule has 0 bridgehead atoms. The Labute approximate surface area is 111 Å². The van der Waals surface area contributed by atoms with Crippen LogP contribution < -0.4 is 4.74 Å². The van der Waals surface area contributed by atoms with Crippen molar-refractivity contribution in [3.8, 4) is 5.75 Å². The Morgan fingerprint density at radius 1 is 1.37 bits per heavy atom. The number of pyridine rings is 1. The first-order chi connectivity index (χ1) is 9.02. The number of aliphatic carboxylic acids is 1. The summed E-state index contributed by atoms with van der Waals surface area (Å²) in [7, 11) is 1.57. The average molecular weight is 257 g/mol. The molecule has 0 atom stereocenters. The largest absolute Gasteiger partial charge is 0.496 e. The van der Waals surface area contributed by atoms with E-state index in [0.717, 1.165) is 33.8 Å². The molecule has 2 aromatic rings. The number of carbonyl (C=O) groups is 1. The molecule has 1 N–H and O–H groups in total. The lowest BCUT2D eigenvalue weighted by atomic mass is 10.0. The minimum Gasteiger partial charge on any atom is -0.496 e. The molecule has 19 heavy (non-hydrogen) atoms. The summed E-state index contributed by atoms with van der Waals surface area (Å²) in [5.74, 6) is -0.351. The number of benzene rings is 1. The highest BCUT2D eigenvalue weighted by Gasteiger charge is 2.10. The molecule has 0 saturated carbocycles. The molecular formula is C15H15NO3. The maximum absolute atomic E-state index is 10.7. The van der Waals surface area contributed by atoms with Gasteiger partial charge in [0.2, 0.25) is 0 Å². The molecule has 0 aliphatic heterocycles. The topological polar surface area (TPSA) is 59.4 Å². The third-order valence-corrected chi connectivity index (χ3v) is 2.91. The fourth-order valence-electron chi connectivity index (χ4n) is 2.20. The first-order valence-corrected chi connectivity index (χ1v) is 5.89. The maximum atomic E-state index is 10.7. The van der Waals surface area contributed by atoms with Gasteiger partial charge in [0.25, 0.3) is 0 Å². The second-order valence-electron chi connectivity index (χ2n) is 4.33. The van der Waals surface area contributed by atoms with Crippen LogP contribution in [-0.4, -0.2) is 23.2 Å². The maximum Gasteiger partial charge on any atom is 0.328 e. The van der Waals surface area contributed by atoms with Crippen LogP contribution >= 0.6 is 0 Å². The van der Waals surface area contributed by atoms with Gasteiger partial charge in [0.15, 0.2) is 0 Å². The van der Waals surface area contributed by atoms with Gasteiger partial charge >= 0.3 is 5.97 Å². The quantitative estimate of drug-likeness (QED) is 0.859. The van der Waals surface area contributed by atoms with Gasteiger partial charge in [-0.05, 0) is 43.7 Å². The van der Waals surface area contributed by atoms with Crippen LogP contribution in [0.1, 0.15) is 16.8 Å². The molecule has 0 saturated heterocycles. The summed E-state index contributed by atoms with van der Waals surface area (Å²) < 4.78 is 5.30. The summed E-state index contributed by atoms with van der Waals surface area (Å²) in [6, 6.07) is 5.65. The Morgan fingerprint density at radius 2 is 2.11 bits per heavy atom. The van der Waals surface area contributed by atoms with Crippen LogP contribution in [0.3, 0.4) is 0 Å². The fraction of sp³-hybridized carbons (Fsp3) is 0.200. The van der Waals surface area contributed by atoms with Gasteiger partial charge in [-0.25, -0.2) is 4.79 Å². The van der Waals surface area contributed by atoms with Crippen molar-refractivity contribution in [1.82, 2.24) is 4.98 Å². The zero-order valence-corrected chi connectivity index (χ0v) is 11.1. The third-order valence-electron chi connectivity index (χ3n) is 2.91. The third kappa shape index (κ3) is 2.57. The molecule has 4 heteroatoms. The number of carboxylic acids is 1. The van der Waals surface area contributed by atoms with Gasteiger partial charge in [-0.15, -0.1) is 0 Å². The summed E-state index contributed by atoms with van der Waals surface area (Å²) in [6.45, 7) is 3.91. The number of nitrogens with zero attached hydrogens (tertiary/aromatic N) is 1. The number of hydrogen-bond acceptors (Lipinski definition) is 3. The van der Waals surface area contributed by atoms with E-state index >= 15 is 0 Å². The van der Waals surface area contributed by atoms with E-state index in [1.165, 1.54) is 0 Å². The minimum atomic E-state index is -0.989. The van der Waals surface area contributed by atoms with Crippen LogP contribution in [-0.2, 0) is 4.79 Å². The summed E-state index contributed by atoms with van der Waals surface area (Å²) >= 11 is 0. The molecule has 98 valence electrons. The van der Waals surface area contributed by atoms with Crippen molar-refractivity contribution in [3.63, 3.8) is 0 Å². The van der Waals surface area contributed by atoms with Crippen molar-refractivity contribution in [3.05, 3.63) is 41.1 Å². The van der Waals surface area contributed by atoms with Gasteiger partial charge in [0, 0.05) is 22.7 Å². The molecule has 1 heterocycles. The smallest absolute Gasteiger partial charge is 0.328 e. The second-order valence-corrected chi connectivity index (χ2v) is 4.33. The van der Waals surface area contributed by atoms with Gasteiger partial charge in [-0.2, -0.15) is 0 Å². The van der Waals surface area contributed by atoms with Gasteiger partial charge in [0.1, 0.15) is 5.75 Å². The van der Waals surface area contributed by atoms with E-state index in [9.17, 15) is 4.79 Å². The molecule has 0 aliphatic rings. The highest BCUT2D eigenvalue weighted by Crippen LogP contribution is 2.31. The Bertz CT molecular complexity index is 675. The molecule has 2 rings (SSSR count). The molecule has 1 aromatic carbocycles. The monoisotopic (exact) mass is 257 g/mol. The Kier molecular flexibility index (Phi) is 3.51. The normalized spacial score (nSPS) is 11.1. The first-order valence-electron chi connectivity index (χ1n) is 5.89. The molecule has 0 unspecified atom stereocenters. The number of methoxy groups -OCH3 is 1. The Hall–Kier alpha value is -2.36. The summed E-state index contributed by atoms with van der Waals surface area (Å²) in [4.78, 5) is 15.2. The van der Waals surface area contributed by atoms with Crippen LogP contribution in [0.5, 0.6) is 5.75 Å². The molecular weight excluding hydrogens is 242 g/mol. The predicted molar refractivity (Wildman–Crippen MR) is 74.4 cm³/mol. The number of hydrogen-bond donors (Lipinski definition) is 1. The highest BCUT2D eigenvalue weighted by atomic mass is 16.5. The first kappa shape index (κ1) is 13.1. The van der Waals surface area contributed by atoms with Crippen molar-refractivity contribution in [1.29, 1.82) is 0 Å². The minimum absolute atomic E-state index is 0.638. The van der Waals surface area contributed by atoms with E-state index in [0.29, 0.717) is 5.75 Å². The zero-order chi connectivity index (χ0) is 14.0. The molecule has 0 fully saturated rings. The van der Waals surface area contributed by atoms with Gasteiger partial charge in [-0.3, -0.25) is 4.98 Å². The van der Waals surface area contributed by atoms with E-state index in [2.05, 4.69) is 4.98 Å². The van der Waals surface area contributed by atoms with Crippen LogP contribution in [0.2, 0.25) is 0 Å². The number of ether oxygens (including phenoxy) is 1. The highest BCUT2D eigenvalue weighted by molar-refractivity contribution is 5.96. The molecule has 4 nitrogen and oxygen atoms in total. The van der Waals surface area contributed by atoms with Gasteiger partial charge < -0.3 is 9.84 Å². The van der Waals surface area contributed by atoms with Crippen molar-refractivity contribution in [2.24, 2.45) is 0 Å². The van der Waals surface area contributed by atoms with Crippen molar-refractivity contribution in [2.45, 2.75) is 13.8 Å². The van der Waals surface area contributed by atoms with Crippen LogP contribution in [0.25, 0.3) is 17.0 Å². The molecule has 0 radical (unpaired) electrons. The van der Waals surface area contributed by atoms with Crippen LogP contribution in [0.4, 0.5) is 0 Å². The fourth-order valence-corrected chi connectivity index (χ4v) is 2.20. The molecule has 0 spiro atoms. The summed E-state index contributed by atoms with van der Waals surface area (Å²) in [5, 5.41) is 9.70. The van der Waals surface area contributed by atoms with E-state index < -0.39 is 5.97 Å². The molecule has 0 aliphatic carbocycles.